The van der Waals surface area contributed by atoms with Gasteiger partial charge in [0.2, 0.25) is 0 Å². The molecule has 0 aliphatic heterocycles. The van der Waals surface area contributed by atoms with Crippen molar-refractivity contribution in [2.24, 2.45) is 5.92 Å². The van der Waals surface area contributed by atoms with E-state index in [2.05, 4.69) is 5.32 Å². The zero-order valence-corrected chi connectivity index (χ0v) is 16.2. The molecule has 0 aliphatic rings. The number of Topliss-reactive ketones (excluding diaryl/α,β-unsaturated/α-hetero) is 1. The summed E-state index contributed by atoms with van der Waals surface area (Å²) in [5.74, 6) is -1.56. The minimum Gasteiger partial charge on any atom is -0.456 e. The highest BCUT2D eigenvalue weighted by molar-refractivity contribution is 6.30. The normalized spacial score (nSPS) is 11.7. The van der Waals surface area contributed by atoms with Crippen LogP contribution in [0.3, 0.4) is 0 Å². The Labute approximate surface area is 163 Å². The van der Waals surface area contributed by atoms with Crippen LogP contribution in [0, 0.1) is 12.8 Å². The highest BCUT2D eigenvalue weighted by Crippen LogP contribution is 2.12. The van der Waals surface area contributed by atoms with Gasteiger partial charge in [0.05, 0.1) is 0 Å². The van der Waals surface area contributed by atoms with Crippen molar-refractivity contribution in [2.75, 3.05) is 6.61 Å². The molecule has 1 N–H and O–H groups in total. The first-order chi connectivity index (χ1) is 12.8. The Hall–Kier alpha value is -2.66. The molecule has 2 aromatic carbocycles. The molecule has 2 rings (SSSR count). The van der Waals surface area contributed by atoms with E-state index in [1.807, 2.05) is 19.1 Å². The smallest absolute Gasteiger partial charge is 0.329 e. The molecule has 5 nitrogen and oxygen atoms in total. The van der Waals surface area contributed by atoms with Crippen LogP contribution in [0.2, 0.25) is 5.02 Å². The highest BCUT2D eigenvalue weighted by atomic mass is 35.5. The van der Waals surface area contributed by atoms with E-state index in [-0.39, 0.29) is 18.3 Å². The maximum Gasteiger partial charge on any atom is 0.329 e. The largest absolute Gasteiger partial charge is 0.456 e. The van der Waals surface area contributed by atoms with Crippen molar-refractivity contribution in [1.82, 2.24) is 5.32 Å². The summed E-state index contributed by atoms with van der Waals surface area (Å²) in [5, 5.41) is 3.17. The summed E-state index contributed by atoms with van der Waals surface area (Å²) in [5.41, 5.74) is 1.89. The summed E-state index contributed by atoms with van der Waals surface area (Å²) < 4.78 is 5.14. The van der Waals surface area contributed by atoms with Crippen LogP contribution < -0.4 is 5.32 Å². The molecular weight excluding hydrogens is 366 g/mol. The molecule has 0 saturated carbocycles. The number of aryl methyl sites for hydroxylation is 1. The summed E-state index contributed by atoms with van der Waals surface area (Å²) in [6.45, 7) is 5.12. The number of nitrogens with one attached hydrogen (secondary N) is 1. The lowest BCUT2D eigenvalue weighted by atomic mass is 10.0. The van der Waals surface area contributed by atoms with Crippen LogP contribution >= 0.6 is 11.6 Å². The predicted octanol–water partition coefficient (Wildman–Crippen LogP) is 3.83. The second kappa shape index (κ2) is 9.33. The van der Waals surface area contributed by atoms with E-state index in [1.165, 1.54) is 0 Å². The molecule has 0 aromatic heterocycles. The number of amides is 1. The number of hydrogen-bond acceptors (Lipinski definition) is 4. The quantitative estimate of drug-likeness (QED) is 0.579. The van der Waals surface area contributed by atoms with Gasteiger partial charge < -0.3 is 10.1 Å². The lowest BCUT2D eigenvalue weighted by Crippen LogP contribution is -2.45. The van der Waals surface area contributed by atoms with E-state index in [1.54, 1.807) is 50.2 Å². The van der Waals surface area contributed by atoms with Crippen molar-refractivity contribution in [1.29, 1.82) is 0 Å². The summed E-state index contributed by atoms with van der Waals surface area (Å²) >= 11 is 5.82. The minimum atomic E-state index is -0.862. The van der Waals surface area contributed by atoms with Gasteiger partial charge in [0.25, 0.3) is 5.91 Å². The third kappa shape index (κ3) is 5.93. The number of hydrogen-bond donors (Lipinski definition) is 1. The van der Waals surface area contributed by atoms with Gasteiger partial charge in [-0.15, -0.1) is 0 Å². The van der Waals surface area contributed by atoms with E-state index in [0.717, 1.165) is 5.56 Å². The van der Waals surface area contributed by atoms with E-state index in [9.17, 15) is 14.4 Å². The second-order valence-electron chi connectivity index (χ2n) is 6.60. The predicted molar refractivity (Wildman–Crippen MR) is 104 cm³/mol. The van der Waals surface area contributed by atoms with Gasteiger partial charge in [-0.3, -0.25) is 9.59 Å². The highest BCUT2D eigenvalue weighted by Gasteiger charge is 2.26. The maximum absolute atomic E-state index is 12.4. The number of carbonyl (C=O) groups excluding carboxylic acids is 3. The topological polar surface area (TPSA) is 72.5 Å². The van der Waals surface area contributed by atoms with Crippen LogP contribution in [0.15, 0.2) is 48.5 Å². The number of ketones is 1. The van der Waals surface area contributed by atoms with Crippen molar-refractivity contribution in [3.05, 3.63) is 70.2 Å². The monoisotopic (exact) mass is 387 g/mol. The lowest BCUT2D eigenvalue weighted by Gasteiger charge is -2.20. The fraction of sp³-hybridized carbons (Fsp3) is 0.286. The third-order valence-corrected chi connectivity index (χ3v) is 4.28. The SMILES string of the molecule is Cc1ccc(C(=O)COC(=O)[C@@H](NC(=O)c2ccc(Cl)cc2)C(C)C)cc1. The number of benzene rings is 2. The van der Waals surface area contributed by atoms with E-state index < -0.39 is 17.9 Å². The first-order valence-electron chi connectivity index (χ1n) is 8.61. The minimum absolute atomic E-state index is 0.205. The van der Waals surface area contributed by atoms with E-state index in [4.69, 9.17) is 16.3 Å². The summed E-state index contributed by atoms with van der Waals surface area (Å²) in [6, 6.07) is 12.5. The molecule has 0 heterocycles. The first-order valence-corrected chi connectivity index (χ1v) is 8.98. The molecule has 1 atom stereocenters. The zero-order chi connectivity index (χ0) is 20.0. The van der Waals surface area contributed by atoms with Gasteiger partial charge in [0, 0.05) is 16.1 Å². The first kappa shape index (κ1) is 20.6. The molecule has 27 heavy (non-hydrogen) atoms. The van der Waals surface area contributed by atoms with Crippen LogP contribution in [0.1, 0.15) is 40.1 Å². The van der Waals surface area contributed by atoms with Crippen LogP contribution in [-0.2, 0) is 9.53 Å². The Morgan fingerprint density at radius 2 is 1.52 bits per heavy atom. The molecule has 2 aromatic rings. The number of halogens is 1. The van der Waals surface area contributed by atoms with Crippen molar-refractivity contribution in [2.45, 2.75) is 26.8 Å². The molecule has 0 aliphatic carbocycles. The van der Waals surface area contributed by atoms with Crippen LogP contribution in [-0.4, -0.2) is 30.3 Å². The molecule has 0 bridgehead atoms. The lowest BCUT2D eigenvalue weighted by molar-refractivity contribution is -0.145. The Morgan fingerprint density at radius 3 is 2.07 bits per heavy atom. The van der Waals surface area contributed by atoms with Gasteiger partial charge in [-0.2, -0.15) is 0 Å². The molecule has 142 valence electrons. The third-order valence-electron chi connectivity index (χ3n) is 4.03. The van der Waals surface area contributed by atoms with Crippen molar-refractivity contribution in [3.63, 3.8) is 0 Å². The van der Waals surface area contributed by atoms with Crippen LogP contribution in [0.4, 0.5) is 0 Å². The van der Waals surface area contributed by atoms with Gasteiger partial charge in [0.1, 0.15) is 6.04 Å². The van der Waals surface area contributed by atoms with Crippen molar-refractivity contribution >= 4 is 29.3 Å². The molecule has 1 amide bonds. The van der Waals surface area contributed by atoms with Gasteiger partial charge in [-0.05, 0) is 37.1 Å². The molecule has 0 fully saturated rings. The second-order valence-corrected chi connectivity index (χ2v) is 7.04. The van der Waals surface area contributed by atoms with Gasteiger partial charge in [0.15, 0.2) is 12.4 Å². The molecule has 0 radical (unpaired) electrons. The molecule has 0 unspecified atom stereocenters. The van der Waals surface area contributed by atoms with E-state index >= 15 is 0 Å². The Balaban J connectivity index is 1.97. The molecule has 0 spiro atoms. The standard InChI is InChI=1S/C21H22ClNO4/c1-13(2)19(23-20(25)16-8-10-17(22)11-9-16)21(26)27-12-18(24)15-6-4-14(3)5-7-15/h4-11,13,19H,12H2,1-3H3,(H,23,25)/t19-/m0/s1. The summed E-state index contributed by atoms with van der Waals surface area (Å²) in [7, 11) is 0. The summed E-state index contributed by atoms with van der Waals surface area (Å²) in [4.78, 5) is 36.9. The van der Waals surface area contributed by atoms with Gasteiger partial charge in [-0.1, -0.05) is 55.3 Å². The average Bonchev–Trinajstić information content (AvgIpc) is 2.64. The average molecular weight is 388 g/mol. The van der Waals surface area contributed by atoms with Crippen LogP contribution in [0.5, 0.6) is 0 Å². The molecule has 6 heteroatoms. The van der Waals surface area contributed by atoms with Crippen LogP contribution in [0.25, 0.3) is 0 Å². The number of carbonyl (C=O) groups is 3. The van der Waals surface area contributed by atoms with Crippen molar-refractivity contribution in [3.8, 4) is 0 Å². The Bertz CT molecular complexity index is 813. The fourth-order valence-corrected chi connectivity index (χ4v) is 2.50. The van der Waals surface area contributed by atoms with Gasteiger partial charge >= 0.3 is 5.97 Å². The molecule has 0 saturated heterocycles. The van der Waals surface area contributed by atoms with E-state index in [0.29, 0.717) is 16.1 Å². The zero-order valence-electron chi connectivity index (χ0n) is 15.5. The Kier molecular flexibility index (Phi) is 7.13. The molecular formula is C21H22ClNO4. The fourth-order valence-electron chi connectivity index (χ4n) is 2.37. The number of ether oxygens (including phenoxy) is 1. The Morgan fingerprint density at radius 1 is 0.963 bits per heavy atom. The number of rotatable bonds is 7. The van der Waals surface area contributed by atoms with Crippen molar-refractivity contribution < 1.29 is 19.1 Å². The summed E-state index contributed by atoms with van der Waals surface area (Å²) in [6.07, 6.45) is 0. The van der Waals surface area contributed by atoms with Gasteiger partial charge in [-0.25, -0.2) is 4.79 Å². The maximum atomic E-state index is 12.4. The number of esters is 1.